The summed E-state index contributed by atoms with van der Waals surface area (Å²) in [5.74, 6) is -22.4. The molecule has 27 heteroatoms. The van der Waals surface area contributed by atoms with Crippen molar-refractivity contribution in [3.63, 3.8) is 0 Å². The van der Waals surface area contributed by atoms with Crippen molar-refractivity contribution < 1.29 is 136 Å². The Bertz CT molecular complexity index is 9650. The van der Waals surface area contributed by atoms with Gasteiger partial charge in [0.1, 0.15) is 33.5 Å². The molecule has 698 valence electrons. The van der Waals surface area contributed by atoms with Crippen LogP contribution >= 0.6 is 0 Å². The number of hydrogen-bond acceptors (Lipinski definition) is 27. The summed E-state index contributed by atoms with van der Waals surface area (Å²) >= 11 is 0. The Morgan fingerprint density at radius 1 is 0.119 bits per heavy atom. The molecule has 0 aliphatic heterocycles. The van der Waals surface area contributed by atoms with Gasteiger partial charge in [-0.2, -0.15) is 0 Å². The lowest BCUT2D eigenvalue weighted by Gasteiger charge is -2.23. The molecule has 3 heterocycles. The largest absolute Gasteiger partial charge is 0.504 e. The first kappa shape index (κ1) is 86.6. The standard InChI is InChI=1S/C42H26O9.C38H24O9.C36H22O9/c43-35-31-28(21-17-20-11-4-5-12-22(20)25(18-21)19-9-2-1-3-10-19)32-34(38(46)42(50)40(48)36(32)44)30(33(31)37(45)41(49)39(35)47)24-14-8-16-27-29(24)23-13-6-7-15-26(23)51-27;39-31-27-24(19-15-13-18(14-16-19)17-7-2-1-3-8-17)28-30(34(42)38(46)36(44)32(28)40)26(29(27)33(41)37(45)35(31)43)21-10-6-12-23-25(21)20-9-4-5-11-22(20)47-23;37-29-25-23(17-11-5-8-15-7-1-2-9-16(15)17)26-28(32(40)36(44)34(42)30(26)38)24(27(25)31(39)35(43)33(29)41)19-12-6-14-21-22(19)18-10-3-4-13-20(18)45-21/h1-18,43-50H;1-16,39-46H;1-14,37-44H. The number of phenolic OH excluding ortho intramolecular Hbond substituents is 24. The van der Waals surface area contributed by atoms with E-state index in [-0.39, 0.29) is 98.0 Å². The number of furan rings is 3. The number of para-hydroxylation sites is 3. The number of benzene rings is 22. The van der Waals surface area contributed by atoms with Crippen LogP contribution in [0.25, 0.3) is 241 Å². The molecule has 27 nitrogen and oxygen atoms in total. The SMILES string of the molecule is Oc1c(O)c(O)c2c(-c3cccc4oc5ccccc5c34)c3c(O)c(O)c(O)c(O)c3c(-c3cc(-c4ccccc4)c4ccccc4c3)c2c1O.Oc1c(O)c(O)c2c(-c3cccc4oc5ccccc5c34)c3c(O)c(O)c(O)c(O)c3c(-c3ccc(-c4ccccc4)cc3)c2c1O.Oc1c(O)c(O)c2c(-c3cccc4oc5ccccc5c34)c3c(O)c(O)c(O)c(O)c3c(-c3cccc4ccccc34)c2c1O. The Hall–Kier alpha value is -20.5. The van der Waals surface area contributed by atoms with Gasteiger partial charge in [0, 0.05) is 130 Å². The minimum Gasteiger partial charge on any atom is -0.504 e. The summed E-state index contributed by atoms with van der Waals surface area (Å²) in [7, 11) is 0. The van der Waals surface area contributed by atoms with Gasteiger partial charge in [-0.3, -0.25) is 0 Å². The zero-order valence-corrected chi connectivity index (χ0v) is 73.7. The van der Waals surface area contributed by atoms with E-state index in [4.69, 9.17) is 13.3 Å². The van der Waals surface area contributed by atoms with E-state index in [1.807, 2.05) is 109 Å². The van der Waals surface area contributed by atoms with Crippen LogP contribution in [-0.2, 0) is 0 Å². The monoisotopic (exact) mass is 1900 g/mol. The Kier molecular flexibility index (Phi) is 19.4. The zero-order chi connectivity index (χ0) is 99.3. The van der Waals surface area contributed by atoms with Gasteiger partial charge in [-0.05, 0) is 126 Å². The predicted molar refractivity (Wildman–Crippen MR) is 545 cm³/mol. The third kappa shape index (κ3) is 12.5. The van der Waals surface area contributed by atoms with E-state index in [9.17, 15) is 123 Å². The predicted octanol–water partition coefficient (Wildman–Crippen LogP) is 26.3. The molecule has 0 saturated carbocycles. The molecule has 0 bridgehead atoms. The van der Waals surface area contributed by atoms with E-state index in [0.717, 1.165) is 38.4 Å². The third-order valence-corrected chi connectivity index (χ3v) is 27.0. The molecule has 0 spiro atoms. The fraction of sp³-hybridized carbons (Fsp3) is 0. The molecule has 0 unspecified atom stereocenters. The maximum Gasteiger partial charge on any atom is 0.204 e. The lowest BCUT2D eigenvalue weighted by atomic mass is 9.81. The van der Waals surface area contributed by atoms with Crippen molar-refractivity contribution in [2.24, 2.45) is 0 Å². The lowest BCUT2D eigenvalue weighted by Crippen LogP contribution is -1.95. The Balaban J connectivity index is 0.000000119. The van der Waals surface area contributed by atoms with Crippen LogP contribution in [0.15, 0.2) is 304 Å². The maximum atomic E-state index is 11.8. The fourth-order valence-corrected chi connectivity index (χ4v) is 20.7. The average Bonchev–Trinajstić information content (AvgIpc) is 1.50. The quantitative estimate of drug-likeness (QED) is 0.0382. The van der Waals surface area contributed by atoms with Crippen LogP contribution < -0.4 is 0 Å². The molecule has 0 aliphatic rings. The summed E-state index contributed by atoms with van der Waals surface area (Å²) in [6.45, 7) is 0. The molecule has 0 aliphatic carbocycles. The van der Waals surface area contributed by atoms with Gasteiger partial charge in [-0.15, -0.1) is 0 Å². The lowest BCUT2D eigenvalue weighted by molar-refractivity contribution is 0.350. The molecular formula is C116H72O27. The van der Waals surface area contributed by atoms with E-state index in [0.29, 0.717) is 105 Å². The summed E-state index contributed by atoms with van der Waals surface area (Å²) in [4.78, 5) is 0. The van der Waals surface area contributed by atoms with Gasteiger partial charge in [0.25, 0.3) is 0 Å². The van der Waals surface area contributed by atoms with Crippen molar-refractivity contribution in [3.05, 3.63) is 291 Å². The van der Waals surface area contributed by atoms with Crippen molar-refractivity contribution in [1.29, 1.82) is 0 Å². The second-order valence-corrected chi connectivity index (χ2v) is 34.5. The first-order valence-electron chi connectivity index (χ1n) is 44.3. The number of hydrogen-bond donors (Lipinski definition) is 24. The Morgan fingerprint density at radius 2 is 0.336 bits per heavy atom. The van der Waals surface area contributed by atoms with Gasteiger partial charge in [0.15, 0.2) is 69.0 Å². The van der Waals surface area contributed by atoms with Gasteiger partial charge >= 0.3 is 0 Å². The van der Waals surface area contributed by atoms with Crippen LogP contribution in [0.5, 0.6) is 138 Å². The molecule has 0 radical (unpaired) electrons. The molecule has 22 aromatic carbocycles. The van der Waals surface area contributed by atoms with Gasteiger partial charge in [-0.1, -0.05) is 243 Å². The van der Waals surface area contributed by atoms with Crippen molar-refractivity contribution in [3.8, 4) is 227 Å². The highest BCUT2D eigenvalue weighted by Crippen LogP contribution is 2.68. The van der Waals surface area contributed by atoms with Crippen LogP contribution in [0.1, 0.15) is 0 Å². The average molecular weight is 1900 g/mol. The second-order valence-electron chi connectivity index (χ2n) is 34.5. The molecule has 0 amide bonds. The van der Waals surface area contributed by atoms with Gasteiger partial charge in [-0.25, -0.2) is 0 Å². The second kappa shape index (κ2) is 32.1. The van der Waals surface area contributed by atoms with Crippen LogP contribution in [0.4, 0.5) is 0 Å². The Morgan fingerprint density at radius 3 is 0.664 bits per heavy atom. The topological polar surface area (TPSA) is 525 Å². The fourth-order valence-electron chi connectivity index (χ4n) is 20.7. The first-order chi connectivity index (χ1) is 69.1. The van der Waals surface area contributed by atoms with Crippen molar-refractivity contribution in [1.82, 2.24) is 0 Å². The van der Waals surface area contributed by atoms with Crippen molar-refractivity contribution in [2.45, 2.75) is 0 Å². The van der Waals surface area contributed by atoms with E-state index >= 15 is 0 Å². The minimum atomic E-state index is -1.04. The van der Waals surface area contributed by atoms with E-state index in [1.165, 1.54) is 0 Å². The highest BCUT2D eigenvalue weighted by Gasteiger charge is 2.39. The summed E-state index contributed by atoms with van der Waals surface area (Å²) in [6, 6.07) is 86.0. The highest BCUT2D eigenvalue weighted by atomic mass is 16.4. The van der Waals surface area contributed by atoms with Crippen LogP contribution in [0.2, 0.25) is 0 Å². The molecule has 143 heavy (non-hydrogen) atoms. The van der Waals surface area contributed by atoms with Gasteiger partial charge in [0.2, 0.25) is 69.0 Å². The zero-order valence-electron chi connectivity index (χ0n) is 73.7. The molecule has 25 rings (SSSR count). The molecule has 3 aromatic heterocycles. The molecule has 24 N–H and O–H groups in total. The minimum absolute atomic E-state index is 0.00373. The summed E-state index contributed by atoms with van der Waals surface area (Å²) in [6.07, 6.45) is 0. The molecular weight excluding hydrogens is 1830 g/mol. The molecule has 25 aromatic rings. The Labute approximate surface area is 801 Å². The van der Waals surface area contributed by atoms with Crippen molar-refractivity contribution in [2.75, 3.05) is 0 Å². The van der Waals surface area contributed by atoms with E-state index in [1.54, 1.807) is 182 Å². The van der Waals surface area contributed by atoms with Gasteiger partial charge in [0.05, 0.1) is 0 Å². The van der Waals surface area contributed by atoms with Gasteiger partial charge < -0.3 is 136 Å². The summed E-state index contributed by atoms with van der Waals surface area (Å²) < 4.78 is 18.3. The van der Waals surface area contributed by atoms with Crippen molar-refractivity contribution >= 4 is 152 Å². The van der Waals surface area contributed by atoms with Crippen LogP contribution in [-0.4, -0.2) is 123 Å². The third-order valence-electron chi connectivity index (χ3n) is 27.0. The van der Waals surface area contributed by atoms with Crippen LogP contribution in [0, 0.1) is 0 Å². The number of aromatic hydroxyl groups is 24. The molecule has 0 atom stereocenters. The maximum absolute atomic E-state index is 11.8. The summed E-state index contributed by atoms with van der Waals surface area (Å²) in [5, 5.41) is 274. The van der Waals surface area contributed by atoms with E-state index < -0.39 is 138 Å². The summed E-state index contributed by atoms with van der Waals surface area (Å²) in [5.41, 5.74) is 7.98. The first-order valence-corrected chi connectivity index (χ1v) is 44.3. The number of fused-ring (bicyclic) bond motifs is 17. The molecule has 0 fully saturated rings. The smallest absolute Gasteiger partial charge is 0.204 e. The normalized spacial score (nSPS) is 11.7. The highest BCUT2D eigenvalue weighted by molar-refractivity contribution is 6.36. The number of phenols is 24. The molecule has 0 saturated heterocycles. The van der Waals surface area contributed by atoms with Crippen LogP contribution in [0.3, 0.4) is 0 Å². The number of rotatable bonds is 8. The van der Waals surface area contributed by atoms with E-state index in [2.05, 4.69) is 0 Å².